The second-order valence-corrected chi connectivity index (χ2v) is 6.44. The van der Waals surface area contributed by atoms with Crippen molar-refractivity contribution in [2.24, 2.45) is 0 Å². The molecule has 0 aliphatic heterocycles. The van der Waals surface area contributed by atoms with E-state index >= 15 is 0 Å². The van der Waals surface area contributed by atoms with E-state index in [-0.39, 0.29) is 5.56 Å². The van der Waals surface area contributed by atoms with Crippen molar-refractivity contribution in [2.75, 3.05) is 0 Å². The molecule has 104 valence electrons. The third-order valence-electron chi connectivity index (χ3n) is 2.52. The molecule has 0 fully saturated rings. The molecular formula is C13H10BrFN2O2S. The van der Waals surface area contributed by atoms with Gasteiger partial charge in [-0.05, 0) is 52.7 Å². The van der Waals surface area contributed by atoms with Crippen LogP contribution in [0.25, 0.3) is 0 Å². The molecule has 1 heterocycles. The Bertz CT molecular complexity index is 672. The highest BCUT2D eigenvalue weighted by Crippen LogP contribution is 2.21. The first kappa shape index (κ1) is 14.7. The van der Waals surface area contributed by atoms with Crippen molar-refractivity contribution >= 4 is 39.1 Å². The van der Waals surface area contributed by atoms with E-state index in [0.717, 1.165) is 9.85 Å². The first-order valence-electron chi connectivity index (χ1n) is 5.59. The first-order chi connectivity index (χ1) is 9.47. The number of nitrogens with one attached hydrogen (secondary N) is 2. The highest BCUT2D eigenvalue weighted by molar-refractivity contribution is 9.11. The van der Waals surface area contributed by atoms with E-state index in [4.69, 9.17) is 0 Å². The summed E-state index contributed by atoms with van der Waals surface area (Å²) in [6, 6.07) is 7.47. The number of hydrazine groups is 1. The van der Waals surface area contributed by atoms with Crippen LogP contribution in [0, 0.1) is 12.7 Å². The van der Waals surface area contributed by atoms with E-state index < -0.39 is 17.6 Å². The van der Waals surface area contributed by atoms with E-state index in [1.807, 2.05) is 0 Å². The molecule has 2 amide bonds. The number of thiophene rings is 1. The number of rotatable bonds is 2. The fraction of sp³-hybridized carbons (Fsp3) is 0.0769. The van der Waals surface area contributed by atoms with Gasteiger partial charge in [-0.3, -0.25) is 20.4 Å². The van der Waals surface area contributed by atoms with Crippen LogP contribution in [0.1, 0.15) is 25.6 Å². The topological polar surface area (TPSA) is 58.2 Å². The molecule has 0 saturated carbocycles. The van der Waals surface area contributed by atoms with Crippen molar-refractivity contribution in [1.29, 1.82) is 0 Å². The van der Waals surface area contributed by atoms with Gasteiger partial charge in [0.25, 0.3) is 11.8 Å². The largest absolute Gasteiger partial charge is 0.279 e. The van der Waals surface area contributed by atoms with Gasteiger partial charge < -0.3 is 0 Å². The molecule has 1 aromatic carbocycles. The minimum atomic E-state index is -0.576. The fourth-order valence-corrected chi connectivity index (χ4v) is 2.70. The van der Waals surface area contributed by atoms with Crippen LogP contribution in [-0.4, -0.2) is 11.8 Å². The van der Waals surface area contributed by atoms with Gasteiger partial charge in [-0.15, -0.1) is 11.3 Å². The zero-order valence-corrected chi connectivity index (χ0v) is 12.8. The normalized spacial score (nSPS) is 10.2. The minimum absolute atomic E-state index is 0.140. The van der Waals surface area contributed by atoms with Gasteiger partial charge in [0, 0.05) is 5.56 Å². The zero-order valence-electron chi connectivity index (χ0n) is 10.4. The van der Waals surface area contributed by atoms with Crippen molar-refractivity contribution in [3.05, 3.63) is 55.9 Å². The number of hydrogen-bond donors (Lipinski definition) is 2. The standard InChI is InChI=1S/C13H10BrFN2O2S/c1-7-2-3-8(6-9(7)15)12(18)16-17-13(19)10-4-5-11(14)20-10/h2-6H,1H3,(H,16,18)(H,17,19). The maximum absolute atomic E-state index is 13.3. The lowest BCUT2D eigenvalue weighted by molar-refractivity contribution is 0.0848. The number of carbonyl (C=O) groups is 2. The van der Waals surface area contributed by atoms with Gasteiger partial charge in [0.2, 0.25) is 0 Å². The van der Waals surface area contributed by atoms with Gasteiger partial charge in [-0.25, -0.2) is 4.39 Å². The molecule has 0 aliphatic carbocycles. The van der Waals surface area contributed by atoms with E-state index in [1.165, 1.54) is 23.5 Å². The summed E-state index contributed by atoms with van der Waals surface area (Å²) in [6.07, 6.45) is 0. The van der Waals surface area contributed by atoms with Gasteiger partial charge in [0.15, 0.2) is 0 Å². The lowest BCUT2D eigenvalue weighted by Crippen LogP contribution is -2.41. The summed E-state index contributed by atoms with van der Waals surface area (Å²) in [4.78, 5) is 23.9. The number of benzene rings is 1. The van der Waals surface area contributed by atoms with E-state index in [2.05, 4.69) is 26.8 Å². The molecule has 4 nitrogen and oxygen atoms in total. The molecule has 0 atom stereocenters. The molecule has 0 aliphatic rings. The fourth-order valence-electron chi connectivity index (χ4n) is 1.42. The minimum Gasteiger partial charge on any atom is -0.267 e. The quantitative estimate of drug-likeness (QED) is 0.812. The maximum Gasteiger partial charge on any atom is 0.279 e. The number of carbonyl (C=O) groups excluding carboxylic acids is 2. The molecule has 1 aromatic heterocycles. The predicted octanol–water partition coefficient (Wildman–Crippen LogP) is 3.03. The summed E-state index contributed by atoms with van der Waals surface area (Å²) >= 11 is 4.48. The maximum atomic E-state index is 13.3. The van der Waals surface area contributed by atoms with Crippen LogP contribution >= 0.6 is 27.3 Å². The molecule has 0 spiro atoms. The SMILES string of the molecule is Cc1ccc(C(=O)NNC(=O)c2ccc(Br)s2)cc1F. The smallest absolute Gasteiger partial charge is 0.267 e. The summed E-state index contributed by atoms with van der Waals surface area (Å²) in [5, 5.41) is 0. The molecule has 20 heavy (non-hydrogen) atoms. The Morgan fingerprint density at radius 1 is 1.15 bits per heavy atom. The Balaban J connectivity index is 1.98. The Morgan fingerprint density at radius 2 is 1.85 bits per heavy atom. The van der Waals surface area contributed by atoms with Crippen molar-refractivity contribution in [2.45, 2.75) is 6.92 Å². The highest BCUT2D eigenvalue weighted by Gasteiger charge is 2.11. The average Bonchev–Trinajstić information content (AvgIpc) is 2.85. The van der Waals surface area contributed by atoms with E-state index in [1.54, 1.807) is 19.1 Å². The Kier molecular flexibility index (Phi) is 4.51. The molecule has 0 unspecified atom stereocenters. The number of aryl methyl sites for hydroxylation is 1. The molecule has 2 rings (SSSR count). The van der Waals surface area contributed by atoms with Gasteiger partial charge in [0.1, 0.15) is 5.82 Å². The monoisotopic (exact) mass is 356 g/mol. The highest BCUT2D eigenvalue weighted by atomic mass is 79.9. The van der Waals surface area contributed by atoms with Gasteiger partial charge in [-0.2, -0.15) is 0 Å². The summed E-state index contributed by atoms with van der Waals surface area (Å²) in [5.74, 6) is -1.47. The van der Waals surface area contributed by atoms with E-state index in [9.17, 15) is 14.0 Å². The molecule has 7 heteroatoms. The molecule has 2 aromatic rings. The van der Waals surface area contributed by atoms with Crippen LogP contribution in [-0.2, 0) is 0 Å². The van der Waals surface area contributed by atoms with Crippen LogP contribution in [0.3, 0.4) is 0 Å². The van der Waals surface area contributed by atoms with Crippen molar-refractivity contribution in [3.8, 4) is 0 Å². The van der Waals surface area contributed by atoms with Crippen LogP contribution in [0.2, 0.25) is 0 Å². The first-order valence-corrected chi connectivity index (χ1v) is 7.20. The number of hydrogen-bond acceptors (Lipinski definition) is 3. The second kappa shape index (κ2) is 6.15. The van der Waals surface area contributed by atoms with Crippen LogP contribution < -0.4 is 10.9 Å². The molecule has 0 saturated heterocycles. The number of amides is 2. The van der Waals surface area contributed by atoms with Crippen LogP contribution in [0.15, 0.2) is 34.1 Å². The molecule has 0 radical (unpaired) electrons. The third kappa shape index (κ3) is 3.43. The number of halogens is 2. The van der Waals surface area contributed by atoms with Crippen molar-refractivity contribution in [1.82, 2.24) is 10.9 Å². The van der Waals surface area contributed by atoms with E-state index in [0.29, 0.717) is 10.4 Å². The zero-order chi connectivity index (χ0) is 14.7. The lowest BCUT2D eigenvalue weighted by atomic mass is 10.1. The summed E-state index contributed by atoms with van der Waals surface area (Å²) in [5.41, 5.74) is 5.11. The summed E-state index contributed by atoms with van der Waals surface area (Å²) in [6.45, 7) is 1.60. The summed E-state index contributed by atoms with van der Waals surface area (Å²) < 4.78 is 14.1. The van der Waals surface area contributed by atoms with Gasteiger partial charge >= 0.3 is 0 Å². The lowest BCUT2D eigenvalue weighted by Gasteiger charge is -2.07. The van der Waals surface area contributed by atoms with Crippen LogP contribution in [0.4, 0.5) is 4.39 Å². The van der Waals surface area contributed by atoms with Gasteiger partial charge in [0.05, 0.1) is 8.66 Å². The summed E-state index contributed by atoms with van der Waals surface area (Å²) in [7, 11) is 0. The third-order valence-corrected chi connectivity index (χ3v) is 4.14. The van der Waals surface area contributed by atoms with Crippen molar-refractivity contribution in [3.63, 3.8) is 0 Å². The van der Waals surface area contributed by atoms with Crippen molar-refractivity contribution < 1.29 is 14.0 Å². The Labute approximate surface area is 127 Å². The van der Waals surface area contributed by atoms with Gasteiger partial charge in [-0.1, -0.05) is 6.07 Å². The Hall–Kier alpha value is -1.73. The Morgan fingerprint density at radius 3 is 2.45 bits per heavy atom. The molecule has 0 bridgehead atoms. The second-order valence-electron chi connectivity index (χ2n) is 3.98. The predicted molar refractivity (Wildman–Crippen MR) is 78.1 cm³/mol. The van der Waals surface area contributed by atoms with Crippen LogP contribution in [0.5, 0.6) is 0 Å². The molecular weight excluding hydrogens is 347 g/mol. The molecule has 2 N–H and O–H groups in total. The average molecular weight is 357 g/mol.